The molecular formula is C26H25ClN2O4S. The molecule has 0 fully saturated rings. The maximum atomic E-state index is 13.0. The Labute approximate surface area is 204 Å². The van der Waals surface area contributed by atoms with E-state index in [-0.39, 0.29) is 10.6 Å². The summed E-state index contributed by atoms with van der Waals surface area (Å²) in [4.78, 5) is 13.1. The molecule has 1 N–H and O–H groups in total. The number of amides is 1. The van der Waals surface area contributed by atoms with Gasteiger partial charge in [0, 0.05) is 22.5 Å². The Bertz CT molecular complexity index is 1420. The van der Waals surface area contributed by atoms with Gasteiger partial charge in [0.05, 0.1) is 11.5 Å². The zero-order chi connectivity index (χ0) is 24.3. The number of hydrogen-bond donors (Lipinski definition) is 1. The van der Waals surface area contributed by atoms with E-state index in [1.165, 1.54) is 12.1 Å². The lowest BCUT2D eigenvalue weighted by atomic mass is 10.1. The topological polar surface area (TPSA) is 77.4 Å². The molecule has 0 aliphatic rings. The third-order valence-electron chi connectivity index (χ3n) is 5.53. The summed E-state index contributed by atoms with van der Waals surface area (Å²) in [6.07, 6.45) is 0.616. The molecule has 1 aromatic heterocycles. The zero-order valence-electron chi connectivity index (χ0n) is 18.9. The Kier molecular flexibility index (Phi) is 6.95. The fraction of sp³-hybridized carbons (Fsp3) is 0.192. The molecule has 0 atom stereocenters. The zero-order valence-corrected chi connectivity index (χ0v) is 20.5. The van der Waals surface area contributed by atoms with Crippen LogP contribution in [0.25, 0.3) is 10.9 Å². The van der Waals surface area contributed by atoms with Gasteiger partial charge in [-0.15, -0.1) is 0 Å². The van der Waals surface area contributed by atoms with Crippen LogP contribution in [-0.4, -0.2) is 25.5 Å². The molecule has 8 heteroatoms. The molecular weight excluding hydrogens is 472 g/mol. The summed E-state index contributed by atoms with van der Waals surface area (Å²) in [5, 5.41) is 1.59. The van der Waals surface area contributed by atoms with E-state index in [4.69, 9.17) is 16.3 Å². The largest absolute Gasteiger partial charge is 0.494 e. The van der Waals surface area contributed by atoms with Crippen LogP contribution in [0.15, 0.2) is 77.7 Å². The van der Waals surface area contributed by atoms with Gasteiger partial charge < -0.3 is 9.30 Å². The van der Waals surface area contributed by atoms with E-state index in [1.807, 2.05) is 54.8 Å². The van der Waals surface area contributed by atoms with Crippen LogP contribution in [0.1, 0.15) is 28.0 Å². The number of aryl methyl sites for hydroxylation is 3. The van der Waals surface area contributed by atoms with Gasteiger partial charge in [0.15, 0.2) is 0 Å². The van der Waals surface area contributed by atoms with Crippen molar-refractivity contribution in [3.8, 4) is 5.75 Å². The van der Waals surface area contributed by atoms with Crippen molar-refractivity contribution in [1.82, 2.24) is 9.29 Å². The number of benzene rings is 3. The molecule has 34 heavy (non-hydrogen) atoms. The normalized spacial score (nSPS) is 11.5. The Morgan fingerprint density at radius 2 is 1.62 bits per heavy atom. The summed E-state index contributed by atoms with van der Waals surface area (Å²) in [7, 11) is -3.98. The minimum atomic E-state index is -3.98. The second-order valence-electron chi connectivity index (χ2n) is 8.06. The summed E-state index contributed by atoms with van der Waals surface area (Å²) in [6, 6.07) is 20.9. The molecule has 0 unspecified atom stereocenters. The average molecular weight is 497 g/mol. The summed E-state index contributed by atoms with van der Waals surface area (Å²) >= 11 is 6.23. The number of carbonyl (C=O) groups excluding carboxylic acids is 1. The third-order valence-corrected chi connectivity index (χ3v) is 7.47. The highest BCUT2D eigenvalue weighted by molar-refractivity contribution is 7.90. The lowest BCUT2D eigenvalue weighted by molar-refractivity contribution is 0.0972. The molecule has 1 amide bonds. The molecule has 6 nitrogen and oxygen atoms in total. The second kappa shape index (κ2) is 9.91. The van der Waals surface area contributed by atoms with Crippen LogP contribution >= 0.6 is 11.6 Å². The maximum absolute atomic E-state index is 13.0. The molecule has 0 saturated carbocycles. The van der Waals surface area contributed by atoms with Gasteiger partial charge in [-0.2, -0.15) is 0 Å². The van der Waals surface area contributed by atoms with Crippen molar-refractivity contribution in [2.75, 3.05) is 6.61 Å². The number of nitrogens with zero attached hydrogens (tertiary/aromatic N) is 1. The number of carbonyl (C=O) groups is 1. The van der Waals surface area contributed by atoms with Crippen LogP contribution in [-0.2, 0) is 16.6 Å². The first kappa shape index (κ1) is 23.9. The first-order valence-electron chi connectivity index (χ1n) is 10.9. The molecule has 4 aromatic rings. The van der Waals surface area contributed by atoms with Gasteiger partial charge in [-0.1, -0.05) is 48.0 Å². The molecule has 1 heterocycles. The van der Waals surface area contributed by atoms with Gasteiger partial charge in [-0.3, -0.25) is 4.79 Å². The molecule has 176 valence electrons. The highest BCUT2D eigenvalue weighted by Crippen LogP contribution is 2.26. The fourth-order valence-electron chi connectivity index (χ4n) is 3.87. The van der Waals surface area contributed by atoms with Gasteiger partial charge in [0.1, 0.15) is 11.4 Å². The van der Waals surface area contributed by atoms with Crippen LogP contribution in [0.5, 0.6) is 5.75 Å². The number of ether oxygens (including phenoxy) is 1. The van der Waals surface area contributed by atoms with Crippen LogP contribution in [0.4, 0.5) is 0 Å². The Morgan fingerprint density at radius 1 is 0.971 bits per heavy atom. The maximum Gasteiger partial charge on any atom is 0.281 e. The molecule has 0 saturated heterocycles. The van der Waals surface area contributed by atoms with Crippen molar-refractivity contribution in [2.24, 2.45) is 0 Å². The number of hydrogen-bond acceptors (Lipinski definition) is 4. The van der Waals surface area contributed by atoms with Crippen molar-refractivity contribution >= 4 is 38.4 Å². The number of para-hydroxylation sites is 1. The summed E-state index contributed by atoms with van der Waals surface area (Å²) in [6.45, 7) is 4.77. The SMILES string of the molecule is Cc1cc(OCCCn2c(C(=O)NS(=O)(=O)c3ccccc3)cc3ccccc32)cc(C)c1Cl. The highest BCUT2D eigenvalue weighted by atomic mass is 35.5. The van der Waals surface area contributed by atoms with E-state index in [9.17, 15) is 13.2 Å². The average Bonchev–Trinajstić information content (AvgIpc) is 3.19. The van der Waals surface area contributed by atoms with Crippen molar-refractivity contribution in [3.63, 3.8) is 0 Å². The minimum Gasteiger partial charge on any atom is -0.494 e. The lowest BCUT2D eigenvalue weighted by Crippen LogP contribution is -2.32. The van der Waals surface area contributed by atoms with E-state index in [0.29, 0.717) is 19.6 Å². The predicted molar refractivity (Wildman–Crippen MR) is 134 cm³/mol. The van der Waals surface area contributed by atoms with Crippen molar-refractivity contribution < 1.29 is 17.9 Å². The minimum absolute atomic E-state index is 0.0352. The van der Waals surface area contributed by atoms with Gasteiger partial charge in [-0.05, 0) is 67.8 Å². The standard InChI is InChI=1S/C26H25ClN2O4S/c1-18-15-21(16-19(2)25(18)27)33-14-8-13-29-23-12-7-6-9-20(23)17-24(29)26(30)28-34(31,32)22-10-4-3-5-11-22/h3-7,9-12,15-17H,8,13-14H2,1-2H3,(H,28,30). The van der Waals surface area contributed by atoms with Crippen molar-refractivity contribution in [2.45, 2.75) is 31.7 Å². The van der Waals surface area contributed by atoms with Gasteiger partial charge in [0.25, 0.3) is 15.9 Å². The van der Waals surface area contributed by atoms with E-state index in [2.05, 4.69) is 4.72 Å². The van der Waals surface area contributed by atoms with E-state index >= 15 is 0 Å². The number of nitrogens with one attached hydrogen (secondary N) is 1. The first-order valence-corrected chi connectivity index (χ1v) is 12.7. The third kappa shape index (κ3) is 5.11. The predicted octanol–water partition coefficient (Wildman–Crippen LogP) is 5.50. The number of halogens is 1. The fourth-order valence-corrected chi connectivity index (χ4v) is 4.97. The number of fused-ring (bicyclic) bond motifs is 1. The second-order valence-corrected chi connectivity index (χ2v) is 10.1. The molecule has 0 radical (unpaired) electrons. The van der Waals surface area contributed by atoms with Crippen LogP contribution in [0.3, 0.4) is 0 Å². The Balaban J connectivity index is 1.52. The lowest BCUT2D eigenvalue weighted by Gasteiger charge is -2.13. The van der Waals surface area contributed by atoms with Crippen molar-refractivity contribution in [3.05, 3.63) is 94.6 Å². The molecule has 3 aromatic carbocycles. The molecule has 4 rings (SSSR count). The van der Waals surface area contributed by atoms with E-state index < -0.39 is 15.9 Å². The summed E-state index contributed by atoms with van der Waals surface area (Å²) < 4.78 is 35.3. The molecule has 0 bridgehead atoms. The highest BCUT2D eigenvalue weighted by Gasteiger charge is 2.22. The monoisotopic (exact) mass is 496 g/mol. The Hall–Kier alpha value is -3.29. The van der Waals surface area contributed by atoms with Crippen LogP contribution in [0, 0.1) is 13.8 Å². The van der Waals surface area contributed by atoms with E-state index in [1.54, 1.807) is 24.3 Å². The quantitative estimate of drug-likeness (QED) is 0.327. The van der Waals surface area contributed by atoms with Crippen LogP contribution in [0.2, 0.25) is 5.02 Å². The smallest absolute Gasteiger partial charge is 0.281 e. The van der Waals surface area contributed by atoms with Crippen molar-refractivity contribution in [1.29, 1.82) is 0 Å². The number of rotatable bonds is 8. The summed E-state index contributed by atoms with van der Waals surface area (Å²) in [5.74, 6) is 0.0635. The van der Waals surface area contributed by atoms with Gasteiger partial charge in [-0.25, -0.2) is 13.1 Å². The van der Waals surface area contributed by atoms with Gasteiger partial charge >= 0.3 is 0 Å². The molecule has 0 aliphatic heterocycles. The molecule has 0 spiro atoms. The molecule has 0 aliphatic carbocycles. The van der Waals surface area contributed by atoms with E-state index in [0.717, 1.165) is 32.8 Å². The Morgan fingerprint density at radius 3 is 2.32 bits per heavy atom. The summed E-state index contributed by atoms with van der Waals surface area (Å²) in [5.41, 5.74) is 3.03. The first-order chi connectivity index (χ1) is 16.3. The van der Waals surface area contributed by atoms with Crippen LogP contribution < -0.4 is 9.46 Å². The number of aromatic nitrogens is 1. The van der Waals surface area contributed by atoms with Gasteiger partial charge in [0.2, 0.25) is 0 Å². The number of sulfonamides is 1.